The second-order valence-corrected chi connectivity index (χ2v) is 9.64. The van der Waals surface area contributed by atoms with Gasteiger partial charge in [-0.3, -0.25) is 9.78 Å². The van der Waals surface area contributed by atoms with Gasteiger partial charge in [0.05, 0.1) is 22.0 Å². The van der Waals surface area contributed by atoms with Crippen molar-refractivity contribution in [1.29, 1.82) is 0 Å². The van der Waals surface area contributed by atoms with Gasteiger partial charge in [-0.1, -0.05) is 54.1 Å². The van der Waals surface area contributed by atoms with Crippen molar-refractivity contribution in [1.82, 2.24) is 14.2 Å². The number of carbonyl (C=O) groups is 1. The molecule has 1 fully saturated rings. The predicted molar refractivity (Wildman–Crippen MR) is 121 cm³/mol. The largest absolute Gasteiger partial charge is 0.336 e. The van der Waals surface area contributed by atoms with E-state index in [2.05, 4.69) is 4.98 Å². The lowest BCUT2D eigenvalue weighted by atomic mass is 10.1. The molecule has 6 nitrogen and oxygen atoms in total. The highest BCUT2D eigenvalue weighted by Gasteiger charge is 2.32. The molecule has 160 valence electrons. The molecule has 1 aliphatic rings. The Morgan fingerprint density at radius 1 is 0.903 bits per heavy atom. The summed E-state index contributed by atoms with van der Waals surface area (Å²) in [6.45, 7) is 2.87. The van der Waals surface area contributed by atoms with Crippen molar-refractivity contribution in [3.8, 4) is 11.3 Å². The van der Waals surface area contributed by atoms with Crippen LogP contribution in [0.1, 0.15) is 16.1 Å². The van der Waals surface area contributed by atoms with Crippen molar-refractivity contribution >= 4 is 27.5 Å². The molecule has 0 bridgehead atoms. The second kappa shape index (κ2) is 8.78. The molecule has 8 heteroatoms. The molecule has 1 amide bonds. The maximum absolute atomic E-state index is 13.0. The number of nitrogens with zero attached hydrogens (tertiary/aromatic N) is 3. The zero-order valence-electron chi connectivity index (χ0n) is 17.0. The first kappa shape index (κ1) is 21.5. The van der Waals surface area contributed by atoms with Gasteiger partial charge in [0.25, 0.3) is 5.91 Å². The lowest BCUT2D eigenvalue weighted by molar-refractivity contribution is 0.0696. The predicted octanol–water partition coefficient (Wildman–Crippen LogP) is 3.86. The molecule has 0 radical (unpaired) electrons. The molecule has 1 aliphatic heterocycles. The summed E-state index contributed by atoms with van der Waals surface area (Å²) in [5.41, 5.74) is 2.98. The van der Waals surface area contributed by atoms with Crippen LogP contribution in [0.3, 0.4) is 0 Å². The van der Waals surface area contributed by atoms with Crippen LogP contribution >= 0.6 is 11.6 Å². The fraction of sp³-hybridized carbons (Fsp3) is 0.217. The standard InChI is InChI=1S/C23H22ClN3O3S/c1-17-19(11-12-21(25-17)18-7-3-2-4-8-18)23(28)26-13-15-27(16-14-26)31(29,30)22-10-6-5-9-20(22)24/h2-12H,13-16H2,1H3. The molecule has 4 rings (SSSR count). The van der Waals surface area contributed by atoms with Crippen LogP contribution in [-0.2, 0) is 10.0 Å². The Kier molecular flexibility index (Phi) is 6.09. The number of hydrogen-bond donors (Lipinski definition) is 0. The smallest absolute Gasteiger partial charge is 0.255 e. The maximum atomic E-state index is 13.0. The van der Waals surface area contributed by atoms with Crippen molar-refractivity contribution in [2.45, 2.75) is 11.8 Å². The van der Waals surface area contributed by atoms with E-state index in [-0.39, 0.29) is 28.9 Å². The molecule has 0 unspecified atom stereocenters. The molecule has 0 saturated carbocycles. The van der Waals surface area contributed by atoms with Gasteiger partial charge >= 0.3 is 0 Å². The molecule has 31 heavy (non-hydrogen) atoms. The summed E-state index contributed by atoms with van der Waals surface area (Å²) in [4.78, 5) is 19.4. The number of pyridine rings is 1. The third-order valence-electron chi connectivity index (χ3n) is 5.37. The normalized spacial score (nSPS) is 15.1. The van der Waals surface area contributed by atoms with Crippen LogP contribution in [0.25, 0.3) is 11.3 Å². The molecule has 0 atom stereocenters. The van der Waals surface area contributed by atoms with Gasteiger partial charge in [0.1, 0.15) is 4.90 Å². The molecule has 1 saturated heterocycles. The Morgan fingerprint density at radius 2 is 1.55 bits per heavy atom. The summed E-state index contributed by atoms with van der Waals surface area (Å²) >= 11 is 6.08. The van der Waals surface area contributed by atoms with Gasteiger partial charge in [-0.05, 0) is 31.2 Å². The Balaban J connectivity index is 1.47. The average Bonchev–Trinajstić information content (AvgIpc) is 2.79. The number of rotatable bonds is 4. The fourth-order valence-corrected chi connectivity index (χ4v) is 5.57. The van der Waals surface area contributed by atoms with Gasteiger partial charge < -0.3 is 4.90 Å². The van der Waals surface area contributed by atoms with Gasteiger partial charge in [0.2, 0.25) is 10.0 Å². The number of piperazine rings is 1. The summed E-state index contributed by atoms with van der Waals surface area (Å²) in [5.74, 6) is -0.139. The number of carbonyl (C=O) groups excluding carboxylic acids is 1. The second-order valence-electron chi connectivity index (χ2n) is 7.32. The van der Waals surface area contributed by atoms with Gasteiger partial charge in [0.15, 0.2) is 0 Å². The Bertz CT molecular complexity index is 1210. The van der Waals surface area contributed by atoms with Gasteiger partial charge in [0, 0.05) is 31.7 Å². The molecule has 2 aromatic carbocycles. The molecule has 1 aromatic heterocycles. The number of aryl methyl sites for hydroxylation is 1. The third-order valence-corrected chi connectivity index (χ3v) is 7.76. The minimum absolute atomic E-state index is 0.0907. The van der Waals surface area contributed by atoms with Crippen LogP contribution < -0.4 is 0 Å². The Morgan fingerprint density at radius 3 is 2.19 bits per heavy atom. The number of halogens is 1. The SMILES string of the molecule is Cc1nc(-c2ccccc2)ccc1C(=O)N1CCN(S(=O)(=O)c2ccccc2Cl)CC1. The minimum Gasteiger partial charge on any atom is -0.336 e. The van der Waals surface area contributed by atoms with E-state index in [0.29, 0.717) is 24.3 Å². The lowest BCUT2D eigenvalue weighted by Crippen LogP contribution is -2.50. The lowest BCUT2D eigenvalue weighted by Gasteiger charge is -2.34. The van der Waals surface area contributed by atoms with Gasteiger partial charge in [-0.2, -0.15) is 4.31 Å². The van der Waals surface area contributed by atoms with Crippen molar-refractivity contribution in [3.05, 3.63) is 83.0 Å². The van der Waals surface area contributed by atoms with Gasteiger partial charge in [-0.25, -0.2) is 8.42 Å². The molecule has 2 heterocycles. The number of benzene rings is 2. The summed E-state index contributed by atoms with van der Waals surface area (Å²) in [5, 5.41) is 0.196. The number of sulfonamides is 1. The zero-order valence-corrected chi connectivity index (χ0v) is 18.6. The zero-order chi connectivity index (χ0) is 22.0. The minimum atomic E-state index is -3.70. The van der Waals surface area contributed by atoms with Crippen LogP contribution in [0.4, 0.5) is 0 Å². The van der Waals surface area contributed by atoms with Crippen molar-refractivity contribution < 1.29 is 13.2 Å². The topological polar surface area (TPSA) is 70.6 Å². The van der Waals surface area contributed by atoms with Gasteiger partial charge in [-0.15, -0.1) is 0 Å². The Labute approximate surface area is 187 Å². The van der Waals surface area contributed by atoms with Crippen LogP contribution in [0, 0.1) is 6.92 Å². The first-order chi connectivity index (χ1) is 14.9. The number of aromatic nitrogens is 1. The number of hydrogen-bond acceptors (Lipinski definition) is 4. The van der Waals surface area contributed by atoms with E-state index in [0.717, 1.165) is 11.3 Å². The van der Waals surface area contributed by atoms with E-state index in [4.69, 9.17) is 11.6 Å². The van der Waals surface area contributed by atoms with Crippen molar-refractivity contribution in [3.63, 3.8) is 0 Å². The van der Waals surface area contributed by atoms with Crippen LogP contribution in [0.15, 0.2) is 71.6 Å². The van der Waals surface area contributed by atoms with E-state index >= 15 is 0 Å². The molecule has 0 spiro atoms. The highest BCUT2D eigenvalue weighted by molar-refractivity contribution is 7.89. The quantitative estimate of drug-likeness (QED) is 0.599. The highest BCUT2D eigenvalue weighted by atomic mass is 35.5. The maximum Gasteiger partial charge on any atom is 0.255 e. The summed E-state index contributed by atoms with van der Waals surface area (Å²) < 4.78 is 27.2. The molecule has 0 aliphatic carbocycles. The number of amides is 1. The van der Waals surface area contributed by atoms with E-state index in [1.165, 1.54) is 10.4 Å². The Hall–Kier alpha value is -2.74. The first-order valence-electron chi connectivity index (χ1n) is 9.95. The summed E-state index contributed by atoms with van der Waals surface area (Å²) in [7, 11) is -3.70. The molecule has 3 aromatic rings. The van der Waals surface area contributed by atoms with E-state index in [1.54, 1.807) is 29.2 Å². The third kappa shape index (κ3) is 4.35. The monoisotopic (exact) mass is 455 g/mol. The fourth-order valence-electron chi connectivity index (χ4n) is 3.65. The van der Waals surface area contributed by atoms with Crippen molar-refractivity contribution in [2.75, 3.05) is 26.2 Å². The van der Waals surface area contributed by atoms with Crippen LogP contribution in [0.2, 0.25) is 5.02 Å². The first-order valence-corrected chi connectivity index (χ1v) is 11.8. The summed E-state index contributed by atoms with van der Waals surface area (Å²) in [6, 6.07) is 19.8. The molecular weight excluding hydrogens is 434 g/mol. The molecule has 0 N–H and O–H groups in total. The van der Waals surface area contributed by atoms with E-state index < -0.39 is 10.0 Å². The highest BCUT2D eigenvalue weighted by Crippen LogP contribution is 2.26. The van der Waals surface area contributed by atoms with Crippen LogP contribution in [-0.4, -0.2) is 54.7 Å². The van der Waals surface area contributed by atoms with E-state index in [1.807, 2.05) is 43.3 Å². The summed E-state index contributed by atoms with van der Waals surface area (Å²) in [6.07, 6.45) is 0. The molecular formula is C23H22ClN3O3S. The van der Waals surface area contributed by atoms with Crippen molar-refractivity contribution in [2.24, 2.45) is 0 Å². The van der Waals surface area contributed by atoms with E-state index in [9.17, 15) is 13.2 Å². The van der Waals surface area contributed by atoms with Crippen LogP contribution in [0.5, 0.6) is 0 Å². The average molecular weight is 456 g/mol.